The molecule has 2 N–H and O–H groups in total. The Hall–Kier alpha value is -2.56. The summed E-state index contributed by atoms with van der Waals surface area (Å²) in [6.07, 6.45) is 1.72. The Morgan fingerprint density at radius 1 is 1.21 bits per heavy atom. The fraction of sp³-hybridized carbons (Fsp3) is 0.143. The zero-order chi connectivity index (χ0) is 13.4. The standard InChI is InChI=1S/C14H14N4O/c1-18(2)12-8-9(19)5-6-10(12)13-16-11-4-3-7-15-14(11)17-13/h3-8,19H,1-2H3,(H,15,16,17). The Bertz CT molecular complexity index is 700. The van der Waals surface area contributed by atoms with Crippen molar-refractivity contribution < 1.29 is 5.11 Å². The molecule has 0 aliphatic carbocycles. The molecule has 0 amide bonds. The van der Waals surface area contributed by atoms with Gasteiger partial charge in [-0.2, -0.15) is 0 Å². The number of phenolic OH excluding ortho intramolecular Hbond substituents is 1. The molecule has 0 radical (unpaired) electrons. The first-order valence-corrected chi connectivity index (χ1v) is 5.96. The summed E-state index contributed by atoms with van der Waals surface area (Å²) in [7, 11) is 3.86. The first kappa shape index (κ1) is 11.5. The highest BCUT2D eigenvalue weighted by molar-refractivity contribution is 5.81. The summed E-state index contributed by atoms with van der Waals surface area (Å²) in [4.78, 5) is 13.9. The second kappa shape index (κ2) is 4.28. The number of phenols is 1. The maximum Gasteiger partial charge on any atom is 0.178 e. The molecule has 0 bridgehead atoms. The number of hydrogen-bond donors (Lipinski definition) is 2. The normalized spacial score (nSPS) is 10.8. The Morgan fingerprint density at radius 2 is 2.05 bits per heavy atom. The number of anilines is 1. The van der Waals surface area contributed by atoms with Crippen molar-refractivity contribution in [2.24, 2.45) is 0 Å². The van der Waals surface area contributed by atoms with Crippen molar-refractivity contribution in [2.75, 3.05) is 19.0 Å². The van der Waals surface area contributed by atoms with Gasteiger partial charge in [-0.25, -0.2) is 9.97 Å². The van der Waals surface area contributed by atoms with Gasteiger partial charge in [0.05, 0.1) is 11.2 Å². The maximum absolute atomic E-state index is 9.60. The van der Waals surface area contributed by atoms with Gasteiger partial charge < -0.3 is 15.0 Å². The smallest absolute Gasteiger partial charge is 0.178 e. The second-order valence-corrected chi connectivity index (χ2v) is 4.56. The van der Waals surface area contributed by atoms with Crippen LogP contribution in [0.25, 0.3) is 22.6 Å². The number of hydrogen-bond acceptors (Lipinski definition) is 4. The molecule has 19 heavy (non-hydrogen) atoms. The Morgan fingerprint density at radius 3 is 2.79 bits per heavy atom. The lowest BCUT2D eigenvalue weighted by molar-refractivity contribution is 0.475. The quantitative estimate of drug-likeness (QED) is 0.737. The number of benzene rings is 1. The lowest BCUT2D eigenvalue weighted by Gasteiger charge is -2.16. The summed E-state index contributed by atoms with van der Waals surface area (Å²) < 4.78 is 0. The van der Waals surface area contributed by atoms with Crippen molar-refractivity contribution in [1.29, 1.82) is 0 Å². The van der Waals surface area contributed by atoms with E-state index in [1.54, 1.807) is 18.3 Å². The molecule has 5 nitrogen and oxygen atoms in total. The third-order valence-electron chi connectivity index (χ3n) is 2.98. The van der Waals surface area contributed by atoms with Crippen LogP contribution in [0, 0.1) is 0 Å². The van der Waals surface area contributed by atoms with E-state index in [0.717, 1.165) is 22.6 Å². The van der Waals surface area contributed by atoms with Crippen LogP contribution in [0.2, 0.25) is 0 Å². The molecule has 0 spiro atoms. The van der Waals surface area contributed by atoms with Gasteiger partial charge in [0.25, 0.3) is 0 Å². The fourth-order valence-corrected chi connectivity index (χ4v) is 2.06. The number of rotatable bonds is 2. The number of imidazole rings is 1. The molecular weight excluding hydrogens is 240 g/mol. The van der Waals surface area contributed by atoms with Crippen LogP contribution in [-0.4, -0.2) is 34.2 Å². The lowest BCUT2D eigenvalue weighted by atomic mass is 10.1. The minimum atomic E-state index is 0.238. The monoisotopic (exact) mass is 254 g/mol. The number of fused-ring (bicyclic) bond motifs is 1. The molecule has 0 fully saturated rings. The molecule has 0 saturated carbocycles. The van der Waals surface area contributed by atoms with E-state index in [9.17, 15) is 5.11 Å². The van der Waals surface area contributed by atoms with Crippen LogP contribution in [0.3, 0.4) is 0 Å². The van der Waals surface area contributed by atoms with Gasteiger partial charge in [-0.1, -0.05) is 0 Å². The maximum atomic E-state index is 9.60. The Labute approximate surface area is 110 Å². The Kier molecular flexibility index (Phi) is 2.59. The van der Waals surface area contributed by atoms with Gasteiger partial charge in [-0.15, -0.1) is 0 Å². The number of aromatic amines is 1. The van der Waals surface area contributed by atoms with E-state index in [4.69, 9.17) is 0 Å². The van der Waals surface area contributed by atoms with Crippen molar-refractivity contribution in [3.63, 3.8) is 0 Å². The third-order valence-corrected chi connectivity index (χ3v) is 2.98. The minimum Gasteiger partial charge on any atom is -0.508 e. The predicted molar refractivity (Wildman–Crippen MR) is 75.3 cm³/mol. The van der Waals surface area contributed by atoms with Crippen molar-refractivity contribution >= 4 is 16.9 Å². The van der Waals surface area contributed by atoms with Gasteiger partial charge >= 0.3 is 0 Å². The van der Waals surface area contributed by atoms with E-state index in [0.29, 0.717) is 5.65 Å². The van der Waals surface area contributed by atoms with Crippen molar-refractivity contribution in [3.8, 4) is 17.1 Å². The Balaban J connectivity index is 2.20. The van der Waals surface area contributed by atoms with Gasteiger partial charge in [0.2, 0.25) is 0 Å². The number of nitrogens with one attached hydrogen (secondary N) is 1. The molecule has 0 saturated heterocycles. The summed E-state index contributed by atoms with van der Waals surface area (Å²) in [6, 6.07) is 9.03. The SMILES string of the molecule is CN(C)c1cc(O)ccc1-c1nc2ncccc2[nH]1. The summed E-state index contributed by atoms with van der Waals surface area (Å²) in [5.41, 5.74) is 3.42. The van der Waals surface area contributed by atoms with Crippen LogP contribution in [0.4, 0.5) is 5.69 Å². The van der Waals surface area contributed by atoms with Crippen molar-refractivity contribution in [2.45, 2.75) is 0 Å². The zero-order valence-corrected chi connectivity index (χ0v) is 10.8. The van der Waals surface area contributed by atoms with E-state index in [2.05, 4.69) is 15.0 Å². The molecule has 1 aromatic carbocycles. The first-order valence-electron chi connectivity index (χ1n) is 5.96. The zero-order valence-electron chi connectivity index (χ0n) is 10.8. The van der Waals surface area contributed by atoms with Gasteiger partial charge in [0.15, 0.2) is 5.65 Å². The number of pyridine rings is 1. The molecule has 2 aromatic heterocycles. The summed E-state index contributed by atoms with van der Waals surface area (Å²) in [5, 5.41) is 9.60. The molecule has 0 aliphatic rings. The summed E-state index contributed by atoms with van der Waals surface area (Å²) in [6.45, 7) is 0. The molecule has 0 atom stereocenters. The van der Waals surface area contributed by atoms with Crippen molar-refractivity contribution in [1.82, 2.24) is 15.0 Å². The van der Waals surface area contributed by atoms with E-state index in [-0.39, 0.29) is 5.75 Å². The highest BCUT2D eigenvalue weighted by atomic mass is 16.3. The number of nitrogens with zero attached hydrogens (tertiary/aromatic N) is 3. The van der Waals surface area contributed by atoms with Crippen LogP contribution in [0.15, 0.2) is 36.5 Å². The number of aromatic hydroxyl groups is 1. The molecule has 0 aliphatic heterocycles. The average Bonchev–Trinajstić information content (AvgIpc) is 2.82. The largest absolute Gasteiger partial charge is 0.508 e. The van der Waals surface area contributed by atoms with Gasteiger partial charge in [-0.3, -0.25) is 0 Å². The summed E-state index contributed by atoms with van der Waals surface area (Å²) in [5.74, 6) is 0.985. The van der Waals surface area contributed by atoms with Gasteiger partial charge in [0.1, 0.15) is 11.6 Å². The lowest BCUT2D eigenvalue weighted by Crippen LogP contribution is -2.10. The van der Waals surface area contributed by atoms with Crippen LogP contribution in [0.1, 0.15) is 0 Å². The number of aromatic nitrogens is 3. The predicted octanol–water partition coefficient (Wildman–Crippen LogP) is 2.40. The highest BCUT2D eigenvalue weighted by Gasteiger charge is 2.12. The number of H-pyrrole nitrogens is 1. The molecule has 96 valence electrons. The van der Waals surface area contributed by atoms with Crippen LogP contribution < -0.4 is 4.90 Å². The molecule has 5 heteroatoms. The molecular formula is C14H14N4O. The minimum absolute atomic E-state index is 0.238. The van der Waals surface area contributed by atoms with Crippen LogP contribution in [-0.2, 0) is 0 Å². The van der Waals surface area contributed by atoms with Crippen LogP contribution in [0.5, 0.6) is 5.75 Å². The van der Waals surface area contributed by atoms with Crippen LogP contribution >= 0.6 is 0 Å². The molecule has 0 unspecified atom stereocenters. The summed E-state index contributed by atoms with van der Waals surface area (Å²) >= 11 is 0. The van der Waals surface area contributed by atoms with Gasteiger partial charge in [-0.05, 0) is 24.3 Å². The molecule has 3 rings (SSSR count). The van der Waals surface area contributed by atoms with Crippen molar-refractivity contribution in [3.05, 3.63) is 36.5 Å². The first-order chi connectivity index (χ1) is 9.15. The molecule has 3 aromatic rings. The van der Waals surface area contributed by atoms with E-state index in [1.807, 2.05) is 37.2 Å². The fourth-order valence-electron chi connectivity index (χ4n) is 2.06. The second-order valence-electron chi connectivity index (χ2n) is 4.56. The third kappa shape index (κ3) is 1.99. The average molecular weight is 254 g/mol. The van der Waals surface area contributed by atoms with E-state index < -0.39 is 0 Å². The topological polar surface area (TPSA) is 65.0 Å². The van der Waals surface area contributed by atoms with E-state index in [1.165, 1.54) is 0 Å². The molecule has 2 heterocycles. The van der Waals surface area contributed by atoms with E-state index >= 15 is 0 Å². The highest BCUT2D eigenvalue weighted by Crippen LogP contribution is 2.31. The van der Waals surface area contributed by atoms with Gasteiger partial charge in [0, 0.05) is 31.9 Å².